The largest absolute Gasteiger partial charge is 0.496 e. The van der Waals surface area contributed by atoms with Gasteiger partial charge in [0.15, 0.2) is 0 Å². The van der Waals surface area contributed by atoms with Gasteiger partial charge in [-0.15, -0.1) is 0 Å². The average Bonchev–Trinajstić information content (AvgIpc) is 3.38. The van der Waals surface area contributed by atoms with Gasteiger partial charge in [-0.1, -0.05) is 18.6 Å². The molecule has 2 aromatic rings. The molecular formula is C23H28N4O3. The maximum Gasteiger partial charge on any atom is 0.260 e. The highest BCUT2D eigenvalue weighted by Gasteiger charge is 2.61. The van der Waals surface area contributed by atoms with Gasteiger partial charge < -0.3 is 15.0 Å². The molecule has 7 nitrogen and oxygen atoms in total. The Morgan fingerprint density at radius 3 is 2.60 bits per heavy atom. The van der Waals surface area contributed by atoms with Gasteiger partial charge in [0, 0.05) is 25.1 Å². The second kappa shape index (κ2) is 7.45. The number of aromatic nitrogens is 2. The Morgan fingerprint density at radius 2 is 1.93 bits per heavy atom. The number of benzene rings is 1. The fourth-order valence-corrected chi connectivity index (χ4v) is 5.15. The van der Waals surface area contributed by atoms with Crippen LogP contribution in [0, 0.1) is 11.3 Å². The third-order valence-corrected chi connectivity index (χ3v) is 7.22. The summed E-state index contributed by atoms with van der Waals surface area (Å²) in [6.07, 6.45) is 8.28. The van der Waals surface area contributed by atoms with Crippen molar-refractivity contribution >= 4 is 17.6 Å². The number of hydrogen-bond acceptors (Lipinski definition) is 4. The van der Waals surface area contributed by atoms with Crippen LogP contribution in [0.4, 0.5) is 5.82 Å². The molecule has 1 aromatic carbocycles. The quantitative estimate of drug-likeness (QED) is 0.822. The van der Waals surface area contributed by atoms with Crippen LogP contribution in [0.25, 0.3) is 0 Å². The van der Waals surface area contributed by atoms with Gasteiger partial charge in [0.1, 0.15) is 11.6 Å². The Bertz CT molecular complexity index is 957. The number of nitrogens with zero attached hydrogens (tertiary/aromatic N) is 3. The van der Waals surface area contributed by atoms with E-state index in [1.165, 1.54) is 19.3 Å². The fourth-order valence-electron chi connectivity index (χ4n) is 5.15. The van der Waals surface area contributed by atoms with Crippen LogP contribution >= 0.6 is 0 Å². The molecule has 2 saturated carbocycles. The van der Waals surface area contributed by atoms with Crippen molar-refractivity contribution in [1.29, 1.82) is 0 Å². The van der Waals surface area contributed by atoms with Crippen molar-refractivity contribution in [2.75, 3.05) is 25.5 Å². The fraction of sp³-hybridized carbons (Fsp3) is 0.522. The number of carbonyl (C=O) groups excluding carboxylic acids is 2. The van der Waals surface area contributed by atoms with E-state index in [4.69, 9.17) is 4.74 Å². The summed E-state index contributed by atoms with van der Waals surface area (Å²) in [6, 6.07) is 9.15. The van der Waals surface area contributed by atoms with Gasteiger partial charge in [0.05, 0.1) is 24.9 Å². The average molecular weight is 409 g/mol. The molecule has 1 aromatic heterocycles. The van der Waals surface area contributed by atoms with Crippen LogP contribution in [0.2, 0.25) is 0 Å². The molecular weight excluding hydrogens is 380 g/mol. The van der Waals surface area contributed by atoms with Crippen LogP contribution in [-0.4, -0.2) is 46.7 Å². The summed E-state index contributed by atoms with van der Waals surface area (Å²) in [5, 5.41) is 7.43. The van der Waals surface area contributed by atoms with E-state index in [0.717, 1.165) is 32.4 Å². The standard InChI is InChI=1S/C23H28N4O3/c1-30-19-6-3-2-5-17(19)21(28)25-20-7-12-24-27(20)16-8-13-26(14-9-16)22(29)18-15-23(18)10-4-11-23/h2-3,5-7,12,16,18H,4,8-11,13-15H2,1H3,(H,25,28)/t18-/m1/s1. The number of nitrogens with one attached hydrogen (secondary N) is 1. The molecule has 1 N–H and O–H groups in total. The summed E-state index contributed by atoms with van der Waals surface area (Å²) in [5.41, 5.74) is 0.869. The van der Waals surface area contributed by atoms with Gasteiger partial charge in [-0.05, 0) is 49.7 Å². The number of methoxy groups -OCH3 is 1. The van der Waals surface area contributed by atoms with E-state index in [1.54, 1.807) is 25.4 Å². The maximum absolute atomic E-state index is 12.8. The van der Waals surface area contributed by atoms with Crippen LogP contribution in [-0.2, 0) is 4.79 Å². The van der Waals surface area contributed by atoms with Gasteiger partial charge >= 0.3 is 0 Å². The lowest BCUT2D eigenvalue weighted by atomic mass is 9.79. The summed E-state index contributed by atoms with van der Waals surface area (Å²) in [5.74, 6) is 1.63. The molecule has 7 heteroatoms. The predicted octanol–water partition coefficient (Wildman–Crippen LogP) is 3.50. The zero-order valence-electron chi connectivity index (χ0n) is 17.3. The third kappa shape index (κ3) is 3.26. The number of likely N-dealkylation sites (tertiary alicyclic amines) is 1. The first-order valence-corrected chi connectivity index (χ1v) is 10.9. The highest BCUT2D eigenvalue weighted by Crippen LogP contribution is 2.66. The molecule has 158 valence electrons. The first-order chi connectivity index (χ1) is 14.6. The SMILES string of the molecule is COc1ccccc1C(=O)Nc1ccnn1C1CCN(C(=O)[C@H]2CC23CCC3)CC1. The van der Waals surface area contributed by atoms with E-state index >= 15 is 0 Å². The molecule has 1 aliphatic heterocycles. The topological polar surface area (TPSA) is 76.5 Å². The molecule has 3 aliphatic rings. The summed E-state index contributed by atoms with van der Waals surface area (Å²) in [7, 11) is 1.56. The van der Waals surface area contributed by atoms with Crippen molar-refractivity contribution in [2.24, 2.45) is 11.3 Å². The van der Waals surface area contributed by atoms with E-state index in [0.29, 0.717) is 28.5 Å². The smallest absolute Gasteiger partial charge is 0.260 e. The minimum Gasteiger partial charge on any atom is -0.496 e. The number of ether oxygens (including phenoxy) is 1. The number of piperidine rings is 1. The molecule has 5 rings (SSSR count). The molecule has 3 fully saturated rings. The Balaban J connectivity index is 1.21. The maximum atomic E-state index is 12.8. The minimum absolute atomic E-state index is 0.175. The minimum atomic E-state index is -0.221. The Morgan fingerprint density at radius 1 is 1.17 bits per heavy atom. The van der Waals surface area contributed by atoms with Crippen molar-refractivity contribution in [1.82, 2.24) is 14.7 Å². The Hall–Kier alpha value is -2.83. The summed E-state index contributed by atoms with van der Waals surface area (Å²) < 4.78 is 7.19. The van der Waals surface area contributed by atoms with Crippen LogP contribution in [0.15, 0.2) is 36.5 Å². The van der Waals surface area contributed by atoms with Gasteiger partial charge in [0.2, 0.25) is 5.91 Å². The van der Waals surface area contributed by atoms with Crippen molar-refractivity contribution < 1.29 is 14.3 Å². The zero-order chi connectivity index (χ0) is 20.7. The number of amides is 2. The van der Waals surface area contributed by atoms with Crippen LogP contribution < -0.4 is 10.1 Å². The number of rotatable bonds is 5. The van der Waals surface area contributed by atoms with Crippen molar-refractivity contribution in [3.05, 3.63) is 42.1 Å². The zero-order valence-corrected chi connectivity index (χ0v) is 17.3. The number of hydrogen-bond donors (Lipinski definition) is 1. The number of carbonyl (C=O) groups is 2. The highest BCUT2D eigenvalue weighted by atomic mass is 16.5. The molecule has 0 unspecified atom stereocenters. The monoisotopic (exact) mass is 408 g/mol. The van der Waals surface area contributed by atoms with E-state index in [-0.39, 0.29) is 17.9 Å². The van der Waals surface area contributed by atoms with Crippen LogP contribution in [0.3, 0.4) is 0 Å². The molecule has 1 saturated heterocycles. The van der Waals surface area contributed by atoms with Gasteiger partial charge in [0.25, 0.3) is 5.91 Å². The lowest BCUT2D eigenvalue weighted by Gasteiger charge is -2.34. The van der Waals surface area contributed by atoms with E-state index in [1.807, 2.05) is 27.8 Å². The summed E-state index contributed by atoms with van der Waals surface area (Å²) >= 11 is 0. The van der Waals surface area contributed by atoms with Crippen molar-refractivity contribution in [2.45, 2.75) is 44.6 Å². The second-order valence-corrected chi connectivity index (χ2v) is 8.84. The summed E-state index contributed by atoms with van der Waals surface area (Å²) in [4.78, 5) is 27.6. The van der Waals surface area contributed by atoms with E-state index in [2.05, 4.69) is 10.4 Å². The number of anilines is 1. The normalized spacial score (nSPS) is 22.4. The first kappa shape index (κ1) is 19.2. The van der Waals surface area contributed by atoms with Crippen molar-refractivity contribution in [3.63, 3.8) is 0 Å². The lowest BCUT2D eigenvalue weighted by molar-refractivity contribution is -0.135. The molecule has 1 spiro atoms. The predicted molar refractivity (Wildman–Crippen MR) is 112 cm³/mol. The summed E-state index contributed by atoms with van der Waals surface area (Å²) in [6.45, 7) is 1.52. The van der Waals surface area contributed by atoms with E-state index in [9.17, 15) is 9.59 Å². The van der Waals surface area contributed by atoms with Gasteiger partial charge in [-0.25, -0.2) is 4.68 Å². The molecule has 2 aliphatic carbocycles. The molecule has 2 amide bonds. The van der Waals surface area contributed by atoms with Gasteiger partial charge in [-0.2, -0.15) is 5.10 Å². The lowest BCUT2D eigenvalue weighted by Crippen LogP contribution is -2.41. The van der Waals surface area contributed by atoms with E-state index < -0.39 is 0 Å². The molecule has 0 bridgehead atoms. The number of para-hydroxylation sites is 1. The molecule has 0 radical (unpaired) electrons. The molecule has 30 heavy (non-hydrogen) atoms. The Labute approximate surface area is 176 Å². The van der Waals surface area contributed by atoms with Crippen LogP contribution in [0.5, 0.6) is 5.75 Å². The first-order valence-electron chi connectivity index (χ1n) is 10.9. The molecule has 2 heterocycles. The highest BCUT2D eigenvalue weighted by molar-refractivity contribution is 6.05. The molecule has 1 atom stereocenters. The van der Waals surface area contributed by atoms with Gasteiger partial charge in [-0.3, -0.25) is 9.59 Å². The van der Waals surface area contributed by atoms with Crippen LogP contribution in [0.1, 0.15) is 54.9 Å². The van der Waals surface area contributed by atoms with Crippen molar-refractivity contribution in [3.8, 4) is 5.75 Å². The third-order valence-electron chi connectivity index (χ3n) is 7.22. The second-order valence-electron chi connectivity index (χ2n) is 8.84. The Kier molecular flexibility index (Phi) is 4.76.